The lowest BCUT2D eigenvalue weighted by atomic mass is 10.6. The smallest absolute Gasteiger partial charge is 0.110 e. The molecule has 3 nitrogen and oxygen atoms in total. The molecular formula is C6H4BrN3S. The summed E-state index contributed by atoms with van der Waals surface area (Å²) in [6.07, 6.45) is 3.31. The average Bonchev–Trinajstić information content (AvgIpc) is 2.55. The molecule has 5 heteroatoms. The second-order valence-corrected chi connectivity index (χ2v) is 3.52. The molecule has 56 valence electrons. The summed E-state index contributed by atoms with van der Waals surface area (Å²) in [5.41, 5.74) is 0.986. The molecule has 2 aromatic heterocycles. The molecule has 2 rings (SSSR count). The van der Waals surface area contributed by atoms with Crippen LogP contribution >= 0.6 is 27.3 Å². The molecular weight excluding hydrogens is 226 g/mol. The lowest BCUT2D eigenvalue weighted by molar-refractivity contribution is 0.752. The van der Waals surface area contributed by atoms with Gasteiger partial charge in [-0.15, -0.1) is 16.1 Å². The first kappa shape index (κ1) is 7.00. The first-order valence-electron chi connectivity index (χ1n) is 2.96. The van der Waals surface area contributed by atoms with Crippen molar-refractivity contribution in [1.82, 2.24) is 15.0 Å². The maximum absolute atomic E-state index is 4.00. The monoisotopic (exact) mass is 229 g/mol. The van der Waals surface area contributed by atoms with Crippen LogP contribution in [-0.4, -0.2) is 15.0 Å². The molecule has 0 aromatic carbocycles. The molecule has 0 radical (unpaired) electrons. The number of hydrogen-bond acceptors (Lipinski definition) is 3. The van der Waals surface area contributed by atoms with Crippen molar-refractivity contribution in [2.24, 2.45) is 0 Å². The first-order chi connectivity index (χ1) is 5.38. The van der Waals surface area contributed by atoms with Crippen LogP contribution in [0.2, 0.25) is 0 Å². The summed E-state index contributed by atoms with van der Waals surface area (Å²) in [4.78, 5) is 1.58. The minimum atomic E-state index is 0.986. The number of aromatic nitrogens is 3. The van der Waals surface area contributed by atoms with E-state index in [9.17, 15) is 0 Å². The third kappa shape index (κ3) is 1.21. The van der Waals surface area contributed by atoms with E-state index in [4.69, 9.17) is 0 Å². The van der Waals surface area contributed by atoms with Crippen molar-refractivity contribution in [2.45, 2.75) is 0 Å². The highest BCUT2D eigenvalue weighted by molar-refractivity contribution is 9.10. The van der Waals surface area contributed by atoms with Crippen LogP contribution in [0.3, 0.4) is 0 Å². The van der Waals surface area contributed by atoms with E-state index in [1.807, 2.05) is 10.8 Å². The van der Waals surface area contributed by atoms with Gasteiger partial charge in [0.15, 0.2) is 0 Å². The highest BCUT2D eigenvalue weighted by Gasteiger charge is 2.02. The number of nitrogens with zero attached hydrogens (tertiary/aromatic N) is 3. The van der Waals surface area contributed by atoms with Gasteiger partial charge < -0.3 is 0 Å². The van der Waals surface area contributed by atoms with E-state index in [1.54, 1.807) is 28.5 Å². The maximum atomic E-state index is 4.00. The van der Waals surface area contributed by atoms with E-state index >= 15 is 0 Å². The largest absolute Gasteiger partial charge is 0.157 e. The Labute approximate surface area is 75.8 Å². The summed E-state index contributed by atoms with van der Waals surface area (Å²) >= 11 is 5.01. The Balaban J connectivity index is 2.53. The van der Waals surface area contributed by atoms with E-state index < -0.39 is 0 Å². The van der Waals surface area contributed by atoms with Crippen LogP contribution < -0.4 is 0 Å². The van der Waals surface area contributed by atoms with Crippen molar-refractivity contribution in [3.05, 3.63) is 27.6 Å². The zero-order valence-corrected chi connectivity index (χ0v) is 7.84. The minimum absolute atomic E-state index is 0.986. The van der Waals surface area contributed by atoms with Gasteiger partial charge in [0.2, 0.25) is 0 Å². The van der Waals surface area contributed by atoms with Crippen LogP contribution in [0, 0.1) is 0 Å². The lowest BCUT2D eigenvalue weighted by Crippen LogP contribution is -1.96. The van der Waals surface area contributed by atoms with Crippen molar-refractivity contribution < 1.29 is 0 Å². The Bertz CT molecular complexity index is 340. The predicted molar refractivity (Wildman–Crippen MR) is 46.9 cm³/mol. The second-order valence-electron chi connectivity index (χ2n) is 1.92. The standard InChI is InChI=1S/C6H4BrN3S/c7-5-3-11-4-6(5)10-8-1-2-9-10/h1-4H. The van der Waals surface area contributed by atoms with Gasteiger partial charge in [0.05, 0.1) is 16.9 Å². The van der Waals surface area contributed by atoms with Gasteiger partial charge >= 0.3 is 0 Å². The fourth-order valence-electron chi connectivity index (χ4n) is 0.758. The van der Waals surface area contributed by atoms with Crippen molar-refractivity contribution in [3.8, 4) is 5.69 Å². The number of halogens is 1. The van der Waals surface area contributed by atoms with E-state index in [-0.39, 0.29) is 0 Å². The Kier molecular flexibility index (Phi) is 1.75. The SMILES string of the molecule is Brc1cscc1-n1nccn1. The van der Waals surface area contributed by atoms with Crippen LogP contribution in [0.1, 0.15) is 0 Å². The molecule has 0 saturated heterocycles. The van der Waals surface area contributed by atoms with Crippen LogP contribution in [0.15, 0.2) is 27.6 Å². The zero-order valence-electron chi connectivity index (χ0n) is 5.44. The van der Waals surface area contributed by atoms with Gasteiger partial charge in [-0.3, -0.25) is 0 Å². The molecule has 0 fully saturated rings. The van der Waals surface area contributed by atoms with Crippen LogP contribution in [0.4, 0.5) is 0 Å². The average molecular weight is 230 g/mol. The highest BCUT2D eigenvalue weighted by Crippen LogP contribution is 2.23. The van der Waals surface area contributed by atoms with E-state index in [0.717, 1.165) is 10.2 Å². The summed E-state index contributed by atoms with van der Waals surface area (Å²) in [5, 5.41) is 12.0. The Morgan fingerprint density at radius 2 is 2.00 bits per heavy atom. The third-order valence-corrected chi connectivity index (χ3v) is 2.90. The lowest BCUT2D eigenvalue weighted by Gasteiger charge is -1.93. The van der Waals surface area contributed by atoms with E-state index in [2.05, 4.69) is 26.1 Å². The van der Waals surface area contributed by atoms with Crippen molar-refractivity contribution in [1.29, 1.82) is 0 Å². The Morgan fingerprint density at radius 3 is 2.55 bits per heavy atom. The van der Waals surface area contributed by atoms with Gasteiger partial charge in [0, 0.05) is 10.8 Å². The molecule has 0 spiro atoms. The van der Waals surface area contributed by atoms with Gasteiger partial charge in [0.25, 0.3) is 0 Å². The van der Waals surface area contributed by atoms with Crippen molar-refractivity contribution >= 4 is 27.3 Å². The molecule has 2 heterocycles. The molecule has 0 N–H and O–H groups in total. The fraction of sp³-hybridized carbons (Fsp3) is 0. The van der Waals surface area contributed by atoms with Gasteiger partial charge in [-0.25, -0.2) is 0 Å². The molecule has 0 aliphatic carbocycles. The molecule has 11 heavy (non-hydrogen) atoms. The van der Waals surface area contributed by atoms with Crippen LogP contribution in [0.5, 0.6) is 0 Å². The number of thiophene rings is 1. The molecule has 0 atom stereocenters. The summed E-state index contributed by atoms with van der Waals surface area (Å²) < 4.78 is 1.03. The fourth-order valence-corrected chi connectivity index (χ4v) is 2.16. The molecule has 0 amide bonds. The van der Waals surface area contributed by atoms with Crippen molar-refractivity contribution in [2.75, 3.05) is 0 Å². The van der Waals surface area contributed by atoms with Gasteiger partial charge in [0.1, 0.15) is 5.69 Å². The Morgan fingerprint density at radius 1 is 1.27 bits per heavy atom. The molecule has 0 unspecified atom stereocenters. The van der Waals surface area contributed by atoms with Gasteiger partial charge in [-0.2, -0.15) is 10.2 Å². The summed E-state index contributed by atoms with van der Waals surface area (Å²) in [6.45, 7) is 0. The number of rotatable bonds is 1. The van der Waals surface area contributed by atoms with E-state index in [1.165, 1.54) is 0 Å². The zero-order chi connectivity index (χ0) is 7.68. The molecule has 0 aliphatic heterocycles. The first-order valence-corrected chi connectivity index (χ1v) is 4.70. The normalized spacial score (nSPS) is 10.3. The highest BCUT2D eigenvalue weighted by atomic mass is 79.9. The predicted octanol–water partition coefficient (Wildman–Crippen LogP) is 2.09. The van der Waals surface area contributed by atoms with Gasteiger partial charge in [-0.05, 0) is 15.9 Å². The maximum Gasteiger partial charge on any atom is 0.110 e. The Hall–Kier alpha value is -0.680. The molecule has 0 bridgehead atoms. The second kappa shape index (κ2) is 2.75. The quantitative estimate of drug-likeness (QED) is 0.750. The number of hydrogen-bond donors (Lipinski definition) is 0. The van der Waals surface area contributed by atoms with Gasteiger partial charge in [-0.1, -0.05) is 0 Å². The minimum Gasteiger partial charge on any atom is -0.157 e. The molecule has 2 aromatic rings. The summed E-state index contributed by atoms with van der Waals surface area (Å²) in [5.74, 6) is 0. The summed E-state index contributed by atoms with van der Waals surface area (Å²) in [6, 6.07) is 0. The molecule has 0 aliphatic rings. The molecule has 0 saturated carbocycles. The van der Waals surface area contributed by atoms with Crippen LogP contribution in [0.25, 0.3) is 5.69 Å². The topological polar surface area (TPSA) is 30.7 Å². The van der Waals surface area contributed by atoms with Crippen LogP contribution in [-0.2, 0) is 0 Å². The third-order valence-electron chi connectivity index (χ3n) is 1.23. The van der Waals surface area contributed by atoms with E-state index in [0.29, 0.717) is 0 Å². The summed E-state index contributed by atoms with van der Waals surface area (Å²) in [7, 11) is 0. The van der Waals surface area contributed by atoms with Crippen molar-refractivity contribution in [3.63, 3.8) is 0 Å².